The van der Waals surface area contributed by atoms with Gasteiger partial charge in [-0.25, -0.2) is 0 Å². The van der Waals surface area contributed by atoms with Gasteiger partial charge in [0.1, 0.15) is 22.2 Å². The number of benzene rings is 2. The zero-order valence-corrected chi connectivity index (χ0v) is 11.9. The van der Waals surface area contributed by atoms with Crippen LogP contribution in [0.15, 0.2) is 69.5 Å². The quantitative estimate of drug-likeness (QED) is 0.513. The van der Waals surface area contributed by atoms with E-state index in [9.17, 15) is 0 Å². The van der Waals surface area contributed by atoms with E-state index < -0.39 is 7.92 Å². The van der Waals surface area contributed by atoms with Gasteiger partial charge in [-0.2, -0.15) is 0 Å². The van der Waals surface area contributed by atoms with Gasteiger partial charge < -0.3 is 8.83 Å². The Kier molecular flexibility index (Phi) is 2.64. The number of hydrogen-bond acceptors (Lipinski definition) is 2. The van der Waals surface area contributed by atoms with Crippen molar-refractivity contribution in [3.8, 4) is 0 Å². The standard InChI is InChI=1S/C17H13O2P/c1-20(16-10-12-6-2-4-8-14(12)18-16)17-11-13-7-3-5-9-15(13)19-17/h2-11H,1H3. The Labute approximate surface area is 117 Å². The predicted octanol–water partition coefficient (Wildman–Crippen LogP) is 4.24. The molecule has 2 aromatic heterocycles. The molecule has 3 heteroatoms. The molecule has 0 radical (unpaired) electrons. The summed E-state index contributed by atoms with van der Waals surface area (Å²) in [5.74, 6) is 0. The zero-order chi connectivity index (χ0) is 13.5. The van der Waals surface area contributed by atoms with Gasteiger partial charge in [-0.1, -0.05) is 36.4 Å². The maximum Gasteiger partial charge on any atom is 0.134 e. The van der Waals surface area contributed by atoms with Crippen LogP contribution in [0.4, 0.5) is 0 Å². The molecule has 4 rings (SSSR count). The first kappa shape index (κ1) is 11.7. The van der Waals surface area contributed by atoms with Crippen molar-refractivity contribution in [1.82, 2.24) is 0 Å². The molecule has 0 aliphatic heterocycles. The van der Waals surface area contributed by atoms with Crippen molar-refractivity contribution in [3.63, 3.8) is 0 Å². The lowest BCUT2D eigenvalue weighted by atomic mass is 10.3. The number of para-hydroxylation sites is 2. The minimum Gasteiger partial charge on any atom is -0.456 e. The second kappa shape index (κ2) is 4.50. The van der Waals surface area contributed by atoms with E-state index in [1.165, 1.54) is 0 Å². The number of furan rings is 2. The molecule has 2 nitrogen and oxygen atoms in total. The highest BCUT2D eigenvalue weighted by atomic mass is 31.1. The molecular formula is C17H13O2P. The lowest BCUT2D eigenvalue weighted by Crippen LogP contribution is -2.06. The van der Waals surface area contributed by atoms with Crippen molar-refractivity contribution in [1.29, 1.82) is 0 Å². The largest absolute Gasteiger partial charge is 0.456 e. The molecule has 2 aromatic carbocycles. The molecular weight excluding hydrogens is 267 g/mol. The van der Waals surface area contributed by atoms with Crippen molar-refractivity contribution < 1.29 is 8.83 Å². The van der Waals surface area contributed by atoms with Crippen LogP contribution in [0.3, 0.4) is 0 Å². The molecule has 0 spiro atoms. The average molecular weight is 280 g/mol. The van der Waals surface area contributed by atoms with Crippen molar-refractivity contribution >= 4 is 40.9 Å². The summed E-state index contributed by atoms with van der Waals surface area (Å²) in [5.41, 5.74) is 3.88. The summed E-state index contributed by atoms with van der Waals surface area (Å²) in [4.78, 5) is 0. The lowest BCUT2D eigenvalue weighted by Gasteiger charge is -2.03. The Hall–Kier alpha value is -2.05. The van der Waals surface area contributed by atoms with Crippen LogP contribution < -0.4 is 11.0 Å². The predicted molar refractivity (Wildman–Crippen MR) is 84.5 cm³/mol. The fourth-order valence-electron chi connectivity index (χ4n) is 2.37. The van der Waals surface area contributed by atoms with Crippen LogP contribution in [0.1, 0.15) is 0 Å². The molecule has 0 saturated carbocycles. The maximum absolute atomic E-state index is 5.95. The summed E-state index contributed by atoms with van der Waals surface area (Å²) >= 11 is 0. The van der Waals surface area contributed by atoms with E-state index in [2.05, 4.69) is 30.9 Å². The van der Waals surface area contributed by atoms with E-state index in [4.69, 9.17) is 8.83 Å². The van der Waals surface area contributed by atoms with Gasteiger partial charge in [0.2, 0.25) is 0 Å². The Morgan fingerprint density at radius 1 is 0.700 bits per heavy atom. The van der Waals surface area contributed by atoms with Crippen molar-refractivity contribution in [2.24, 2.45) is 0 Å². The van der Waals surface area contributed by atoms with Gasteiger partial charge in [-0.05, 0) is 30.9 Å². The molecule has 0 atom stereocenters. The molecule has 0 aliphatic rings. The van der Waals surface area contributed by atoms with Crippen LogP contribution >= 0.6 is 7.92 Å². The molecule has 0 N–H and O–H groups in total. The fourth-order valence-corrected chi connectivity index (χ4v) is 3.73. The Bertz CT molecular complexity index is 748. The summed E-state index contributed by atoms with van der Waals surface area (Å²) in [5, 5.41) is 2.29. The first-order chi connectivity index (χ1) is 9.81. The molecule has 2 heterocycles. The van der Waals surface area contributed by atoms with Crippen LogP contribution in [0.25, 0.3) is 21.9 Å². The van der Waals surface area contributed by atoms with Gasteiger partial charge in [0, 0.05) is 18.7 Å². The van der Waals surface area contributed by atoms with Crippen LogP contribution in [0.5, 0.6) is 0 Å². The van der Waals surface area contributed by atoms with Gasteiger partial charge in [-0.3, -0.25) is 0 Å². The molecule has 98 valence electrons. The van der Waals surface area contributed by atoms with E-state index in [0.717, 1.165) is 32.9 Å². The SMILES string of the molecule is CP(c1cc2ccccc2o1)c1cc2ccccc2o1. The molecule has 0 bridgehead atoms. The van der Waals surface area contributed by atoms with Crippen LogP contribution in [-0.2, 0) is 0 Å². The third-order valence-corrected chi connectivity index (χ3v) is 5.25. The third kappa shape index (κ3) is 1.85. The molecule has 0 aliphatic carbocycles. The number of rotatable bonds is 2. The first-order valence-corrected chi connectivity index (χ1v) is 8.31. The number of hydrogen-bond donors (Lipinski definition) is 0. The molecule has 0 fully saturated rings. The van der Waals surface area contributed by atoms with Gasteiger partial charge >= 0.3 is 0 Å². The van der Waals surface area contributed by atoms with Crippen molar-refractivity contribution in [3.05, 3.63) is 60.7 Å². The van der Waals surface area contributed by atoms with E-state index in [1.807, 2.05) is 36.4 Å². The molecule has 0 amide bonds. The lowest BCUT2D eigenvalue weighted by molar-refractivity contribution is 0.644. The molecule has 0 saturated heterocycles. The van der Waals surface area contributed by atoms with Gasteiger partial charge in [0.05, 0.1) is 0 Å². The molecule has 4 aromatic rings. The van der Waals surface area contributed by atoms with Gasteiger partial charge in [-0.15, -0.1) is 0 Å². The Morgan fingerprint density at radius 3 is 1.60 bits per heavy atom. The molecule has 0 unspecified atom stereocenters. The minimum absolute atomic E-state index is 0.598. The van der Waals surface area contributed by atoms with Crippen LogP contribution in [-0.4, -0.2) is 6.66 Å². The van der Waals surface area contributed by atoms with Crippen molar-refractivity contribution in [2.75, 3.05) is 6.66 Å². The Morgan fingerprint density at radius 2 is 1.15 bits per heavy atom. The summed E-state index contributed by atoms with van der Waals surface area (Å²) < 4.78 is 11.9. The van der Waals surface area contributed by atoms with Gasteiger partial charge in [0.25, 0.3) is 0 Å². The second-order valence-corrected chi connectivity index (χ2v) is 6.80. The minimum atomic E-state index is -0.598. The van der Waals surface area contributed by atoms with E-state index in [-0.39, 0.29) is 0 Å². The van der Waals surface area contributed by atoms with Crippen LogP contribution in [0, 0.1) is 0 Å². The molecule has 20 heavy (non-hydrogen) atoms. The summed E-state index contributed by atoms with van der Waals surface area (Å²) in [6.07, 6.45) is 0. The first-order valence-electron chi connectivity index (χ1n) is 6.52. The highest BCUT2D eigenvalue weighted by molar-refractivity contribution is 7.71. The van der Waals surface area contributed by atoms with E-state index >= 15 is 0 Å². The smallest absolute Gasteiger partial charge is 0.134 e. The Balaban J connectivity index is 1.80. The highest BCUT2D eigenvalue weighted by Crippen LogP contribution is 2.33. The monoisotopic (exact) mass is 280 g/mol. The topological polar surface area (TPSA) is 26.3 Å². The number of fused-ring (bicyclic) bond motifs is 2. The van der Waals surface area contributed by atoms with Crippen LogP contribution in [0.2, 0.25) is 0 Å². The zero-order valence-electron chi connectivity index (χ0n) is 11.0. The highest BCUT2D eigenvalue weighted by Gasteiger charge is 2.17. The van der Waals surface area contributed by atoms with Crippen molar-refractivity contribution in [2.45, 2.75) is 0 Å². The third-order valence-electron chi connectivity index (χ3n) is 3.49. The summed E-state index contributed by atoms with van der Waals surface area (Å²) in [6, 6.07) is 20.4. The maximum atomic E-state index is 5.95. The van der Waals surface area contributed by atoms with E-state index in [1.54, 1.807) is 0 Å². The second-order valence-electron chi connectivity index (χ2n) is 4.80. The van der Waals surface area contributed by atoms with E-state index in [0.29, 0.717) is 0 Å². The summed E-state index contributed by atoms with van der Waals surface area (Å²) in [6.45, 7) is 2.17. The fraction of sp³-hybridized carbons (Fsp3) is 0.0588. The normalized spacial score (nSPS) is 11.7. The summed E-state index contributed by atoms with van der Waals surface area (Å²) in [7, 11) is -0.598. The van der Waals surface area contributed by atoms with Gasteiger partial charge in [0.15, 0.2) is 0 Å². The average Bonchev–Trinajstić information content (AvgIpc) is 3.10.